The summed E-state index contributed by atoms with van der Waals surface area (Å²) in [5.41, 5.74) is 3.73. The van der Waals surface area contributed by atoms with Gasteiger partial charge in [0.25, 0.3) is 5.56 Å². The topological polar surface area (TPSA) is 152 Å². The van der Waals surface area contributed by atoms with Crippen molar-refractivity contribution in [1.29, 1.82) is 0 Å². The fourth-order valence-electron chi connectivity index (χ4n) is 9.91. The number of aromatic nitrogens is 5. The van der Waals surface area contributed by atoms with Gasteiger partial charge in [0.15, 0.2) is 12.4 Å². The largest absolute Gasteiger partial charge is 0.480 e. The molecule has 18 heteroatoms. The molecular weight excluding hydrogens is 825 g/mol. The second-order valence-corrected chi connectivity index (χ2v) is 18.1. The number of ether oxygens (including phenoxy) is 1. The Balaban J connectivity index is 0.777. The molecule has 62 heavy (non-hydrogen) atoms. The number of carbonyl (C=O) groups excluding carboxylic acids is 2. The molecule has 14 nitrogen and oxygen atoms in total. The molecule has 1 aliphatic carbocycles. The van der Waals surface area contributed by atoms with Crippen molar-refractivity contribution in [3.63, 3.8) is 0 Å². The van der Waals surface area contributed by atoms with Gasteiger partial charge in [-0.2, -0.15) is 10.1 Å². The summed E-state index contributed by atoms with van der Waals surface area (Å²) in [6.45, 7) is 2.23. The first kappa shape index (κ1) is 40.6. The number of carbonyl (C=O) groups is 2. The number of benzene rings is 2. The van der Waals surface area contributed by atoms with E-state index in [1.807, 2.05) is 16.6 Å². The number of piperidine rings is 3. The van der Waals surface area contributed by atoms with E-state index in [1.165, 1.54) is 16.3 Å². The summed E-state index contributed by atoms with van der Waals surface area (Å²) in [6, 6.07) is 10.4. The van der Waals surface area contributed by atoms with Crippen LogP contribution in [-0.4, -0.2) is 98.5 Å². The number of anilines is 4. The molecule has 3 N–H and O–H groups in total. The van der Waals surface area contributed by atoms with Crippen LogP contribution in [0.1, 0.15) is 68.0 Å². The minimum absolute atomic E-state index is 0.134. The molecule has 2 amide bonds. The number of hydrogen-bond donors (Lipinski definition) is 3. The Hall–Kier alpha value is -5.42. The van der Waals surface area contributed by atoms with Gasteiger partial charge in [-0.1, -0.05) is 23.7 Å². The monoisotopic (exact) mass is 872 g/mol. The van der Waals surface area contributed by atoms with E-state index in [2.05, 4.69) is 44.0 Å². The summed E-state index contributed by atoms with van der Waals surface area (Å²) in [4.78, 5) is 50.9. The van der Waals surface area contributed by atoms with E-state index in [0.717, 1.165) is 36.8 Å². The SMILES string of the molecule is Cn1nc(C2CCC(=O)NC2=O)c2ccc(C3CCN(C[C@@H]4CCN(c5ncc(Cl)c(Nc6ccc7c(c6)c6c(c(=O)n7C)OCC(F)(F)[C@H](C7CC7)N6)n5)C[C@@H]4F)CC3)cc21. The number of imide groups is 1. The number of nitrogens with one attached hydrogen (secondary N) is 3. The van der Waals surface area contributed by atoms with E-state index < -0.39 is 36.2 Å². The molecule has 0 radical (unpaired) electrons. The van der Waals surface area contributed by atoms with Crippen LogP contribution in [0.4, 0.5) is 36.3 Å². The summed E-state index contributed by atoms with van der Waals surface area (Å²) in [5.74, 6) is -3.62. The quantitative estimate of drug-likeness (QED) is 0.149. The second kappa shape index (κ2) is 15.7. The van der Waals surface area contributed by atoms with Crippen LogP contribution in [0.25, 0.3) is 21.8 Å². The van der Waals surface area contributed by atoms with Gasteiger partial charge in [0, 0.05) is 56.0 Å². The molecule has 0 bridgehead atoms. The molecule has 5 aliphatic rings. The van der Waals surface area contributed by atoms with Gasteiger partial charge in [-0.05, 0) is 93.3 Å². The Morgan fingerprint density at radius 2 is 1.77 bits per heavy atom. The van der Waals surface area contributed by atoms with Crippen LogP contribution in [-0.2, 0) is 23.7 Å². The Morgan fingerprint density at radius 3 is 2.53 bits per heavy atom. The van der Waals surface area contributed by atoms with Crippen molar-refractivity contribution >= 4 is 68.4 Å². The van der Waals surface area contributed by atoms with Crippen LogP contribution >= 0.6 is 11.6 Å². The summed E-state index contributed by atoms with van der Waals surface area (Å²) in [7, 11) is 3.46. The third-order valence-corrected chi connectivity index (χ3v) is 13.9. The zero-order valence-corrected chi connectivity index (χ0v) is 35.2. The van der Waals surface area contributed by atoms with Crippen molar-refractivity contribution in [2.45, 2.75) is 74.9 Å². The van der Waals surface area contributed by atoms with E-state index >= 15 is 13.2 Å². The van der Waals surface area contributed by atoms with Crippen molar-refractivity contribution in [2.24, 2.45) is 25.9 Å². The number of aryl methyl sites for hydroxylation is 2. The maximum atomic E-state index is 16.0. The van der Waals surface area contributed by atoms with Crippen LogP contribution in [0, 0.1) is 11.8 Å². The van der Waals surface area contributed by atoms with Gasteiger partial charge < -0.3 is 29.7 Å². The lowest BCUT2D eigenvalue weighted by Gasteiger charge is -2.39. The van der Waals surface area contributed by atoms with Crippen molar-refractivity contribution in [3.8, 4) is 5.75 Å². The molecule has 7 heterocycles. The number of pyridine rings is 1. The maximum Gasteiger partial charge on any atom is 0.301 e. The fraction of sp³-hybridized carbons (Fsp3) is 0.500. The highest BCUT2D eigenvalue weighted by atomic mass is 35.5. The summed E-state index contributed by atoms with van der Waals surface area (Å²) in [6.07, 6.45) is 5.04. The molecule has 3 saturated heterocycles. The number of nitrogens with zero attached hydrogens (tertiary/aromatic N) is 7. The van der Waals surface area contributed by atoms with Gasteiger partial charge >= 0.3 is 5.92 Å². The normalized spacial score (nSPS) is 24.6. The lowest BCUT2D eigenvalue weighted by molar-refractivity contribution is -0.134. The molecule has 4 atom stereocenters. The predicted molar refractivity (Wildman–Crippen MR) is 230 cm³/mol. The van der Waals surface area contributed by atoms with E-state index in [1.54, 1.807) is 25.2 Å². The van der Waals surface area contributed by atoms with Crippen LogP contribution in [0.5, 0.6) is 5.75 Å². The molecule has 10 rings (SSSR count). The highest BCUT2D eigenvalue weighted by molar-refractivity contribution is 6.33. The lowest BCUT2D eigenvalue weighted by atomic mass is 9.87. The van der Waals surface area contributed by atoms with E-state index in [0.29, 0.717) is 85.2 Å². The van der Waals surface area contributed by atoms with E-state index in [-0.39, 0.29) is 46.7 Å². The minimum Gasteiger partial charge on any atom is -0.480 e. The molecule has 4 fully saturated rings. The van der Waals surface area contributed by atoms with Crippen molar-refractivity contribution in [2.75, 3.05) is 54.9 Å². The molecule has 1 saturated carbocycles. The van der Waals surface area contributed by atoms with Gasteiger partial charge in [0.1, 0.15) is 11.2 Å². The van der Waals surface area contributed by atoms with Gasteiger partial charge in [-0.25, -0.2) is 18.2 Å². The Labute approximate surface area is 360 Å². The van der Waals surface area contributed by atoms with Crippen molar-refractivity contribution in [1.82, 2.24) is 34.5 Å². The van der Waals surface area contributed by atoms with Crippen LogP contribution in [0.2, 0.25) is 5.02 Å². The number of rotatable bonds is 8. The maximum absolute atomic E-state index is 16.0. The number of halogens is 4. The van der Waals surface area contributed by atoms with E-state index in [9.17, 15) is 14.4 Å². The molecule has 3 aromatic heterocycles. The molecule has 2 aromatic carbocycles. The number of alkyl halides is 3. The van der Waals surface area contributed by atoms with E-state index in [4.69, 9.17) is 26.4 Å². The average molecular weight is 873 g/mol. The first-order valence-electron chi connectivity index (χ1n) is 21.5. The standard InChI is InChI=1S/C44H48ClF3N10O4/c1-55-33-9-6-27(18-30(33)37-38(42(55)61)62-22-44(47,48)39(52-37)24-3-4-24)50-40-31(45)19-49-43(53-40)58-16-13-26(32(46)21-58)20-57-14-11-23(12-15-57)25-5-7-28-34(17-25)56(2)54-36(28)29-8-10-35(59)51-41(29)60/h5-7,9,17-19,23-24,26,29,32,39,52H,3-4,8,10-16,20-22H2,1-2H3,(H,49,50,53)(H,51,59,60)/t26-,29?,32-,39-/m0/s1. The number of fused-ring (bicyclic) bond motifs is 4. The van der Waals surface area contributed by atoms with Crippen molar-refractivity contribution < 1.29 is 27.5 Å². The molecule has 1 unspecified atom stereocenters. The number of amides is 2. The first-order chi connectivity index (χ1) is 29.8. The number of likely N-dealkylation sites (tertiary alicyclic amines) is 1. The van der Waals surface area contributed by atoms with Gasteiger partial charge in [-0.15, -0.1) is 0 Å². The van der Waals surface area contributed by atoms with Gasteiger partial charge in [0.2, 0.25) is 23.5 Å². The Morgan fingerprint density at radius 1 is 0.968 bits per heavy atom. The summed E-state index contributed by atoms with van der Waals surface area (Å²) < 4.78 is 55.0. The fourth-order valence-corrected chi connectivity index (χ4v) is 10.0. The molecule has 326 valence electrons. The Kier molecular flexibility index (Phi) is 10.3. The van der Waals surface area contributed by atoms with Crippen LogP contribution < -0.4 is 31.1 Å². The zero-order valence-electron chi connectivity index (χ0n) is 34.5. The molecule has 5 aromatic rings. The smallest absolute Gasteiger partial charge is 0.301 e. The van der Waals surface area contributed by atoms with Crippen LogP contribution in [0.3, 0.4) is 0 Å². The summed E-state index contributed by atoms with van der Waals surface area (Å²) in [5, 5.41) is 15.1. The second-order valence-electron chi connectivity index (χ2n) is 17.7. The lowest BCUT2D eigenvalue weighted by Crippen LogP contribution is -2.47. The highest BCUT2D eigenvalue weighted by Crippen LogP contribution is 2.46. The third kappa shape index (κ3) is 7.50. The third-order valence-electron chi connectivity index (χ3n) is 13.6. The minimum atomic E-state index is -3.16. The van der Waals surface area contributed by atoms with Gasteiger partial charge in [0.05, 0.1) is 47.1 Å². The zero-order chi connectivity index (χ0) is 43.0. The predicted octanol–water partition coefficient (Wildman–Crippen LogP) is 6.39. The first-order valence-corrected chi connectivity index (χ1v) is 21.8. The van der Waals surface area contributed by atoms with Gasteiger partial charge in [-0.3, -0.25) is 24.4 Å². The molecule has 4 aliphatic heterocycles. The van der Waals surface area contributed by atoms with Crippen molar-refractivity contribution in [3.05, 3.63) is 69.2 Å². The Bertz CT molecular complexity index is 2660. The summed E-state index contributed by atoms with van der Waals surface area (Å²) >= 11 is 6.59. The molecule has 0 spiro atoms. The van der Waals surface area contributed by atoms with Crippen LogP contribution in [0.15, 0.2) is 47.4 Å². The highest BCUT2D eigenvalue weighted by Gasteiger charge is 2.51. The number of hydrogen-bond acceptors (Lipinski definition) is 11. The molecular formula is C44H48ClF3N10O4. The average Bonchev–Trinajstić information content (AvgIpc) is 4.06.